The van der Waals surface area contributed by atoms with E-state index in [1.165, 1.54) is 45.1 Å². The Hall–Kier alpha value is -0.120. The molecule has 4 unspecified atom stereocenters. The molecule has 0 bridgehead atoms. The zero-order chi connectivity index (χ0) is 14.4. The molecule has 1 N–H and O–H groups in total. The Morgan fingerprint density at radius 1 is 1.20 bits per heavy atom. The molecule has 2 rings (SSSR count). The molecule has 2 aliphatic rings. The van der Waals surface area contributed by atoms with Gasteiger partial charge in [0.1, 0.15) is 0 Å². The molecule has 3 heteroatoms. The van der Waals surface area contributed by atoms with Crippen molar-refractivity contribution in [2.24, 2.45) is 11.8 Å². The van der Waals surface area contributed by atoms with E-state index >= 15 is 0 Å². The second-order valence-electron chi connectivity index (χ2n) is 6.95. The summed E-state index contributed by atoms with van der Waals surface area (Å²) in [6.07, 6.45) is 8.04. The molecule has 3 nitrogen and oxygen atoms in total. The molecule has 1 saturated heterocycles. The number of nitrogens with zero attached hydrogens (tertiary/aromatic N) is 1. The predicted molar refractivity (Wildman–Crippen MR) is 85.1 cm³/mol. The third kappa shape index (κ3) is 4.44. The summed E-state index contributed by atoms with van der Waals surface area (Å²) in [4.78, 5) is 2.63. The van der Waals surface area contributed by atoms with E-state index in [1.54, 1.807) is 0 Å². The van der Waals surface area contributed by atoms with Gasteiger partial charge in [-0.3, -0.25) is 0 Å². The van der Waals surface area contributed by atoms with Crippen LogP contribution in [-0.2, 0) is 4.74 Å². The molecular weight excluding hydrogens is 248 g/mol. The minimum Gasteiger partial charge on any atom is -0.381 e. The van der Waals surface area contributed by atoms with Gasteiger partial charge in [0.2, 0.25) is 0 Å². The third-order valence-electron chi connectivity index (χ3n) is 5.29. The van der Waals surface area contributed by atoms with Gasteiger partial charge in [-0.05, 0) is 45.2 Å². The van der Waals surface area contributed by atoms with Gasteiger partial charge in [-0.2, -0.15) is 0 Å². The lowest BCUT2D eigenvalue weighted by atomic mass is 9.84. The molecule has 1 aliphatic carbocycles. The van der Waals surface area contributed by atoms with Crippen molar-refractivity contribution in [1.29, 1.82) is 0 Å². The van der Waals surface area contributed by atoms with E-state index in [0.717, 1.165) is 31.7 Å². The van der Waals surface area contributed by atoms with Crippen molar-refractivity contribution in [3.8, 4) is 0 Å². The number of hydrogen-bond donors (Lipinski definition) is 1. The lowest BCUT2D eigenvalue weighted by Gasteiger charge is -2.41. The zero-order valence-corrected chi connectivity index (χ0v) is 13.7. The van der Waals surface area contributed by atoms with Gasteiger partial charge in [0, 0.05) is 31.2 Å². The van der Waals surface area contributed by atoms with Crippen LogP contribution in [0.4, 0.5) is 0 Å². The lowest BCUT2D eigenvalue weighted by Crippen LogP contribution is -2.50. The highest BCUT2D eigenvalue weighted by Gasteiger charge is 2.30. The average Bonchev–Trinajstić information content (AvgIpc) is 2.46. The van der Waals surface area contributed by atoms with E-state index in [0.29, 0.717) is 12.0 Å². The smallest absolute Gasteiger partial charge is 0.0521 e. The van der Waals surface area contributed by atoms with Crippen LogP contribution in [0.3, 0.4) is 0 Å². The van der Waals surface area contributed by atoms with E-state index < -0.39 is 0 Å². The molecule has 20 heavy (non-hydrogen) atoms. The number of nitrogens with one attached hydrogen (secondary N) is 1. The molecule has 0 radical (unpaired) electrons. The first-order valence-electron chi connectivity index (χ1n) is 8.73. The van der Waals surface area contributed by atoms with Crippen molar-refractivity contribution in [3.05, 3.63) is 0 Å². The summed E-state index contributed by atoms with van der Waals surface area (Å²) in [5.74, 6) is 1.52. The fourth-order valence-corrected chi connectivity index (χ4v) is 4.03. The van der Waals surface area contributed by atoms with Crippen molar-refractivity contribution in [2.45, 2.75) is 64.5 Å². The summed E-state index contributed by atoms with van der Waals surface area (Å²) in [5, 5.41) is 3.73. The fourth-order valence-electron chi connectivity index (χ4n) is 4.03. The van der Waals surface area contributed by atoms with Crippen molar-refractivity contribution < 1.29 is 4.74 Å². The summed E-state index contributed by atoms with van der Waals surface area (Å²) in [7, 11) is 2.33. The van der Waals surface area contributed by atoms with Gasteiger partial charge in [-0.15, -0.1) is 0 Å². The van der Waals surface area contributed by atoms with Crippen molar-refractivity contribution >= 4 is 0 Å². The van der Waals surface area contributed by atoms with Crippen LogP contribution in [0.2, 0.25) is 0 Å². The second kappa shape index (κ2) is 8.35. The number of rotatable bonds is 6. The molecular formula is C17H34N2O. The molecule has 2 fully saturated rings. The Morgan fingerprint density at radius 3 is 2.75 bits per heavy atom. The van der Waals surface area contributed by atoms with Crippen molar-refractivity contribution in [2.75, 3.05) is 33.4 Å². The molecule has 1 aliphatic heterocycles. The number of hydrogen-bond acceptors (Lipinski definition) is 3. The summed E-state index contributed by atoms with van der Waals surface area (Å²) in [6.45, 7) is 8.89. The molecule has 1 heterocycles. The normalized spacial score (nSPS) is 35.4. The molecule has 118 valence electrons. The minimum absolute atomic E-state index is 0.657. The molecule has 0 aromatic carbocycles. The van der Waals surface area contributed by atoms with E-state index in [-0.39, 0.29) is 0 Å². The first kappa shape index (κ1) is 16.3. The maximum absolute atomic E-state index is 5.74. The van der Waals surface area contributed by atoms with Crippen LogP contribution < -0.4 is 5.32 Å². The van der Waals surface area contributed by atoms with Crippen LogP contribution in [0.15, 0.2) is 0 Å². The molecule has 0 spiro atoms. The summed E-state index contributed by atoms with van der Waals surface area (Å²) >= 11 is 0. The van der Waals surface area contributed by atoms with Crippen molar-refractivity contribution in [1.82, 2.24) is 10.2 Å². The lowest BCUT2D eigenvalue weighted by molar-refractivity contribution is 0.00744. The Bertz CT molecular complexity index is 272. The first-order chi connectivity index (χ1) is 9.72. The summed E-state index contributed by atoms with van der Waals surface area (Å²) in [5.41, 5.74) is 0. The predicted octanol–water partition coefficient (Wildman–Crippen LogP) is 2.90. The quantitative estimate of drug-likeness (QED) is 0.811. The molecule has 0 aromatic rings. The Kier molecular flexibility index (Phi) is 6.79. The largest absolute Gasteiger partial charge is 0.381 e. The van der Waals surface area contributed by atoms with Crippen LogP contribution >= 0.6 is 0 Å². The standard InChI is InChI=1S/C17H34N2O/c1-4-10-18-16-9-11-20-13-15(16)12-19(3)17-8-6-5-7-14(17)2/h14-18H,4-13H2,1-3H3. The van der Waals surface area contributed by atoms with E-state index in [4.69, 9.17) is 4.74 Å². The SMILES string of the molecule is CCCNC1CCOCC1CN(C)C1CCCCC1C. The molecule has 4 atom stereocenters. The monoisotopic (exact) mass is 282 g/mol. The highest BCUT2D eigenvalue weighted by molar-refractivity contribution is 4.85. The highest BCUT2D eigenvalue weighted by Crippen LogP contribution is 2.28. The number of ether oxygens (including phenoxy) is 1. The van der Waals surface area contributed by atoms with Gasteiger partial charge in [0.15, 0.2) is 0 Å². The van der Waals surface area contributed by atoms with Gasteiger partial charge in [-0.1, -0.05) is 26.7 Å². The van der Waals surface area contributed by atoms with Crippen LogP contribution in [-0.4, -0.2) is 50.3 Å². The summed E-state index contributed by atoms with van der Waals surface area (Å²) in [6, 6.07) is 1.45. The zero-order valence-electron chi connectivity index (χ0n) is 13.7. The van der Waals surface area contributed by atoms with Gasteiger partial charge < -0.3 is 15.0 Å². The molecule has 1 saturated carbocycles. The van der Waals surface area contributed by atoms with E-state index in [2.05, 4.69) is 31.1 Å². The minimum atomic E-state index is 0.657. The van der Waals surface area contributed by atoms with Crippen LogP contribution in [0.5, 0.6) is 0 Å². The Morgan fingerprint density at radius 2 is 2.00 bits per heavy atom. The third-order valence-corrected chi connectivity index (χ3v) is 5.29. The van der Waals surface area contributed by atoms with Crippen LogP contribution in [0, 0.1) is 11.8 Å². The van der Waals surface area contributed by atoms with E-state index in [1.807, 2.05) is 0 Å². The van der Waals surface area contributed by atoms with Gasteiger partial charge in [0.25, 0.3) is 0 Å². The topological polar surface area (TPSA) is 24.5 Å². The highest BCUT2D eigenvalue weighted by atomic mass is 16.5. The Labute approximate surface area is 125 Å². The van der Waals surface area contributed by atoms with E-state index in [9.17, 15) is 0 Å². The summed E-state index contributed by atoms with van der Waals surface area (Å²) < 4.78 is 5.74. The fraction of sp³-hybridized carbons (Fsp3) is 1.00. The Balaban J connectivity index is 1.85. The van der Waals surface area contributed by atoms with Crippen LogP contribution in [0.25, 0.3) is 0 Å². The maximum atomic E-state index is 5.74. The van der Waals surface area contributed by atoms with Gasteiger partial charge >= 0.3 is 0 Å². The average molecular weight is 282 g/mol. The molecule has 0 aromatic heterocycles. The first-order valence-corrected chi connectivity index (χ1v) is 8.73. The second-order valence-corrected chi connectivity index (χ2v) is 6.95. The van der Waals surface area contributed by atoms with Crippen LogP contribution in [0.1, 0.15) is 52.4 Å². The van der Waals surface area contributed by atoms with Gasteiger partial charge in [0.05, 0.1) is 6.61 Å². The van der Waals surface area contributed by atoms with Gasteiger partial charge in [-0.25, -0.2) is 0 Å². The van der Waals surface area contributed by atoms with Crippen molar-refractivity contribution in [3.63, 3.8) is 0 Å². The maximum Gasteiger partial charge on any atom is 0.0521 e. The molecule has 0 amide bonds.